The first-order valence-corrected chi connectivity index (χ1v) is 4.00. The smallest absolute Gasteiger partial charge is 0.139 e. The van der Waals surface area contributed by atoms with E-state index in [1.54, 1.807) is 0 Å². The van der Waals surface area contributed by atoms with Crippen LogP contribution in [0.15, 0.2) is 12.2 Å². The van der Waals surface area contributed by atoms with Gasteiger partial charge in [0.2, 0.25) is 0 Å². The lowest BCUT2D eigenvalue weighted by Crippen LogP contribution is -2.16. The van der Waals surface area contributed by atoms with E-state index in [0.717, 1.165) is 19.3 Å². The van der Waals surface area contributed by atoms with Gasteiger partial charge in [0, 0.05) is 12.3 Å². The zero-order chi connectivity index (χ0) is 7.40. The van der Waals surface area contributed by atoms with E-state index in [-0.39, 0.29) is 5.92 Å². The molecule has 1 fully saturated rings. The summed E-state index contributed by atoms with van der Waals surface area (Å²) in [5.41, 5.74) is 0. The van der Waals surface area contributed by atoms with Gasteiger partial charge in [-0.3, -0.25) is 4.79 Å². The lowest BCUT2D eigenvalue weighted by atomic mass is 9.88. The van der Waals surface area contributed by atoms with Crippen molar-refractivity contribution in [1.29, 1.82) is 0 Å². The molecule has 1 nitrogen and oxygen atoms in total. The average Bonchev–Trinajstić information content (AvgIpc) is 1.94. The van der Waals surface area contributed by atoms with Gasteiger partial charge in [0.05, 0.1) is 0 Å². The number of hydrogen-bond acceptors (Lipinski definition) is 1. The molecule has 1 atom stereocenters. The van der Waals surface area contributed by atoms with Crippen LogP contribution in [-0.2, 0) is 4.79 Å². The molecule has 0 amide bonds. The summed E-state index contributed by atoms with van der Waals surface area (Å²) in [4.78, 5) is 11.1. The Morgan fingerprint density at radius 3 is 2.90 bits per heavy atom. The molecule has 1 heteroatoms. The number of carbonyl (C=O) groups excluding carboxylic acids is 1. The Morgan fingerprint density at radius 2 is 2.30 bits per heavy atom. The highest BCUT2D eigenvalue weighted by atomic mass is 16.1. The Morgan fingerprint density at radius 1 is 1.50 bits per heavy atom. The maximum Gasteiger partial charge on any atom is 0.139 e. The van der Waals surface area contributed by atoms with Crippen LogP contribution in [0.4, 0.5) is 0 Å². The molecule has 0 aliphatic heterocycles. The fraction of sp³-hybridized carbons (Fsp3) is 0.667. The van der Waals surface area contributed by atoms with Crippen LogP contribution in [0.25, 0.3) is 0 Å². The minimum Gasteiger partial charge on any atom is -0.299 e. The van der Waals surface area contributed by atoms with Crippen LogP contribution in [0.3, 0.4) is 0 Å². The second-order valence-corrected chi connectivity index (χ2v) is 2.84. The minimum absolute atomic E-state index is 0.249. The molecule has 10 heavy (non-hydrogen) atoms. The van der Waals surface area contributed by atoms with Gasteiger partial charge >= 0.3 is 0 Å². The Bertz CT molecular complexity index is 147. The molecule has 1 aliphatic rings. The molecule has 1 aliphatic carbocycles. The summed E-state index contributed by atoms with van der Waals surface area (Å²) in [5.74, 6) is 0.683. The van der Waals surface area contributed by atoms with Crippen molar-refractivity contribution in [3.05, 3.63) is 12.2 Å². The third kappa shape index (κ3) is 1.69. The van der Waals surface area contributed by atoms with Crippen LogP contribution in [0.5, 0.6) is 0 Å². The van der Waals surface area contributed by atoms with E-state index in [0.29, 0.717) is 5.78 Å². The quantitative estimate of drug-likeness (QED) is 0.508. The normalized spacial score (nSPS) is 27.7. The van der Waals surface area contributed by atoms with Crippen molar-refractivity contribution in [2.24, 2.45) is 5.92 Å². The lowest BCUT2D eigenvalue weighted by Gasteiger charge is -2.16. The molecular weight excluding hydrogens is 124 g/mol. The first-order chi connectivity index (χ1) is 4.84. The van der Waals surface area contributed by atoms with Crippen LogP contribution in [0.1, 0.15) is 32.6 Å². The van der Waals surface area contributed by atoms with Crippen molar-refractivity contribution in [2.45, 2.75) is 32.6 Å². The van der Waals surface area contributed by atoms with Gasteiger partial charge in [-0.2, -0.15) is 0 Å². The van der Waals surface area contributed by atoms with Gasteiger partial charge < -0.3 is 0 Å². The highest BCUT2D eigenvalue weighted by Gasteiger charge is 2.18. The van der Waals surface area contributed by atoms with Crippen LogP contribution >= 0.6 is 0 Å². The van der Waals surface area contributed by atoms with Gasteiger partial charge in [-0.15, -0.1) is 0 Å². The first kappa shape index (κ1) is 7.52. The summed E-state index contributed by atoms with van der Waals surface area (Å²) in [5, 5.41) is 0. The summed E-state index contributed by atoms with van der Waals surface area (Å²) < 4.78 is 0. The molecule has 56 valence electrons. The van der Waals surface area contributed by atoms with Gasteiger partial charge in [0.25, 0.3) is 0 Å². The highest BCUT2D eigenvalue weighted by Crippen LogP contribution is 2.21. The second kappa shape index (κ2) is 3.55. The van der Waals surface area contributed by atoms with Gasteiger partial charge in [-0.1, -0.05) is 18.6 Å². The molecule has 0 aromatic rings. The molecule has 1 rings (SSSR count). The van der Waals surface area contributed by atoms with E-state index in [2.05, 4.69) is 0 Å². The molecule has 1 saturated carbocycles. The Hall–Kier alpha value is -0.590. The van der Waals surface area contributed by atoms with E-state index in [4.69, 9.17) is 0 Å². The molecule has 1 unspecified atom stereocenters. The Labute approximate surface area is 62.1 Å². The largest absolute Gasteiger partial charge is 0.299 e. The third-order valence-corrected chi connectivity index (χ3v) is 2.03. The lowest BCUT2D eigenvalue weighted by molar-refractivity contribution is -0.122. The van der Waals surface area contributed by atoms with Gasteiger partial charge in [-0.05, 0) is 19.8 Å². The molecule has 0 spiro atoms. The van der Waals surface area contributed by atoms with E-state index < -0.39 is 0 Å². The number of carbonyl (C=O) groups is 1. The van der Waals surface area contributed by atoms with Gasteiger partial charge in [-0.25, -0.2) is 0 Å². The fourth-order valence-electron chi connectivity index (χ4n) is 1.45. The average molecular weight is 138 g/mol. The molecule has 0 bridgehead atoms. The summed E-state index contributed by atoms with van der Waals surface area (Å²) in [7, 11) is 0. The Kier molecular flexibility index (Phi) is 2.67. The zero-order valence-electron chi connectivity index (χ0n) is 6.47. The maximum absolute atomic E-state index is 11.1. The number of rotatable bonds is 1. The molecule has 0 heterocycles. The maximum atomic E-state index is 11.1. The van der Waals surface area contributed by atoms with Crippen molar-refractivity contribution < 1.29 is 4.79 Å². The summed E-state index contributed by atoms with van der Waals surface area (Å²) in [6, 6.07) is 0. The van der Waals surface area contributed by atoms with E-state index in [9.17, 15) is 4.79 Å². The van der Waals surface area contributed by atoms with Crippen molar-refractivity contribution in [3.63, 3.8) is 0 Å². The highest BCUT2D eigenvalue weighted by molar-refractivity contribution is 5.83. The molecule has 0 aromatic carbocycles. The Balaban J connectivity index is 2.48. The molecule has 0 aromatic heterocycles. The van der Waals surface area contributed by atoms with E-state index in [1.165, 1.54) is 6.42 Å². The number of ketones is 1. The van der Waals surface area contributed by atoms with Crippen molar-refractivity contribution >= 4 is 5.78 Å². The number of allylic oxidation sites excluding steroid dienone is 2. The summed E-state index contributed by atoms with van der Waals surface area (Å²) >= 11 is 0. The van der Waals surface area contributed by atoms with Crippen LogP contribution in [0.2, 0.25) is 0 Å². The third-order valence-electron chi connectivity index (χ3n) is 2.03. The van der Waals surface area contributed by atoms with Crippen molar-refractivity contribution in [1.82, 2.24) is 0 Å². The van der Waals surface area contributed by atoms with Crippen molar-refractivity contribution in [3.8, 4) is 0 Å². The monoisotopic (exact) mass is 138 g/mol. The number of hydrogen-bond donors (Lipinski definition) is 0. The SMILES string of the molecule is C/C=C\C1CCCCC1=O. The topological polar surface area (TPSA) is 17.1 Å². The predicted octanol–water partition coefficient (Wildman–Crippen LogP) is 2.32. The number of Topliss-reactive ketones (excluding diaryl/α,β-unsaturated/α-hetero) is 1. The minimum atomic E-state index is 0.249. The van der Waals surface area contributed by atoms with Gasteiger partial charge in [0.15, 0.2) is 0 Å². The van der Waals surface area contributed by atoms with E-state index in [1.807, 2.05) is 19.1 Å². The summed E-state index contributed by atoms with van der Waals surface area (Å²) in [6.45, 7) is 1.97. The predicted molar refractivity (Wildman–Crippen MR) is 41.8 cm³/mol. The fourth-order valence-corrected chi connectivity index (χ4v) is 1.45. The second-order valence-electron chi connectivity index (χ2n) is 2.84. The van der Waals surface area contributed by atoms with Crippen molar-refractivity contribution in [2.75, 3.05) is 0 Å². The molecular formula is C9H14O. The van der Waals surface area contributed by atoms with Crippen LogP contribution in [-0.4, -0.2) is 5.78 Å². The zero-order valence-corrected chi connectivity index (χ0v) is 6.47. The van der Waals surface area contributed by atoms with Crippen LogP contribution in [0, 0.1) is 5.92 Å². The van der Waals surface area contributed by atoms with Gasteiger partial charge in [0.1, 0.15) is 5.78 Å². The standard InChI is InChI=1S/C9H14O/c1-2-5-8-6-3-4-7-9(8)10/h2,5,8H,3-4,6-7H2,1H3/b5-2-. The first-order valence-electron chi connectivity index (χ1n) is 4.00. The van der Waals surface area contributed by atoms with Crippen LogP contribution < -0.4 is 0 Å². The van der Waals surface area contributed by atoms with E-state index >= 15 is 0 Å². The summed E-state index contributed by atoms with van der Waals surface area (Å²) in [6.07, 6.45) is 8.21. The molecule has 0 radical (unpaired) electrons. The molecule has 0 saturated heterocycles. The molecule has 0 N–H and O–H groups in total.